The first-order valence-corrected chi connectivity index (χ1v) is 10.7. The molecule has 2 aromatic rings. The quantitative estimate of drug-likeness (QED) is 0.708. The van der Waals surface area contributed by atoms with Gasteiger partial charge in [0.05, 0.1) is 22.4 Å². The molecule has 29 heavy (non-hydrogen) atoms. The lowest BCUT2D eigenvalue weighted by atomic mass is 10.1. The first kappa shape index (κ1) is 21.2. The van der Waals surface area contributed by atoms with Crippen LogP contribution in [0, 0.1) is 12.7 Å². The maximum absolute atomic E-state index is 13.8. The van der Waals surface area contributed by atoms with E-state index in [4.69, 9.17) is 4.52 Å². The van der Waals surface area contributed by atoms with Crippen molar-refractivity contribution in [3.05, 3.63) is 35.8 Å². The zero-order valence-corrected chi connectivity index (χ0v) is 17.4. The highest BCUT2D eigenvalue weighted by Crippen LogP contribution is 2.29. The van der Waals surface area contributed by atoms with Gasteiger partial charge in [0.2, 0.25) is 11.8 Å². The maximum Gasteiger partial charge on any atom is 0.238 e. The van der Waals surface area contributed by atoms with Crippen molar-refractivity contribution in [3.63, 3.8) is 0 Å². The fourth-order valence-electron chi connectivity index (χ4n) is 3.13. The molecule has 1 aromatic carbocycles. The number of halogens is 1. The second-order valence-electron chi connectivity index (χ2n) is 7.02. The van der Waals surface area contributed by atoms with Gasteiger partial charge in [-0.3, -0.25) is 9.59 Å². The number of nitrogens with zero attached hydrogens (tertiary/aromatic N) is 2. The van der Waals surface area contributed by atoms with Crippen LogP contribution in [-0.4, -0.2) is 41.1 Å². The van der Waals surface area contributed by atoms with Crippen LogP contribution in [0.4, 0.5) is 21.6 Å². The minimum atomic E-state index is -0.466. The zero-order chi connectivity index (χ0) is 20.8. The Morgan fingerprint density at radius 2 is 2.00 bits per heavy atom. The van der Waals surface area contributed by atoms with Crippen LogP contribution in [-0.2, 0) is 9.59 Å². The van der Waals surface area contributed by atoms with Crippen molar-refractivity contribution in [2.75, 3.05) is 34.4 Å². The average Bonchev–Trinajstić information content (AvgIpc) is 3.11. The Hall–Kier alpha value is -2.55. The molecule has 0 bridgehead atoms. The van der Waals surface area contributed by atoms with Crippen LogP contribution < -0.4 is 15.5 Å². The normalized spacial score (nSPS) is 15.1. The Morgan fingerprint density at radius 3 is 2.69 bits per heavy atom. The summed E-state index contributed by atoms with van der Waals surface area (Å²) in [6, 6.07) is 6.08. The van der Waals surface area contributed by atoms with Gasteiger partial charge < -0.3 is 20.1 Å². The summed E-state index contributed by atoms with van der Waals surface area (Å²) in [5.74, 6) is 0.0634. The molecule has 0 spiro atoms. The highest BCUT2D eigenvalue weighted by Gasteiger charge is 2.19. The molecule has 0 aliphatic carbocycles. The van der Waals surface area contributed by atoms with E-state index < -0.39 is 11.1 Å². The van der Waals surface area contributed by atoms with E-state index in [1.807, 2.05) is 0 Å². The van der Waals surface area contributed by atoms with Crippen LogP contribution in [0.5, 0.6) is 0 Å². The molecule has 0 saturated carbocycles. The number of aryl methyl sites for hydroxylation is 1. The summed E-state index contributed by atoms with van der Waals surface area (Å²) in [6.45, 7) is 5.22. The number of amides is 2. The molecule has 2 N–H and O–H groups in total. The molecule has 9 heteroatoms. The van der Waals surface area contributed by atoms with E-state index in [-0.39, 0.29) is 17.6 Å². The van der Waals surface area contributed by atoms with E-state index >= 15 is 0 Å². The number of anilines is 3. The molecule has 0 radical (unpaired) electrons. The summed E-state index contributed by atoms with van der Waals surface area (Å²) < 4.78 is 18.7. The standard InChI is InChI=1S/C20H25FN4O3S/c1-13-10-18(24-28-13)23-20(27)14(2)29-12-19(26)22-16-11-15(21)6-7-17(16)25-8-4-3-5-9-25/h6-7,10-11,14H,3-5,8-9,12H2,1-2H3,(H,22,26)(H,23,24,27). The molecule has 156 valence electrons. The van der Waals surface area contributed by atoms with Gasteiger partial charge in [0.1, 0.15) is 11.6 Å². The fourth-order valence-corrected chi connectivity index (χ4v) is 3.82. The molecular weight excluding hydrogens is 395 g/mol. The lowest BCUT2D eigenvalue weighted by molar-refractivity contribution is -0.115. The SMILES string of the molecule is Cc1cc(NC(=O)C(C)SCC(=O)Nc2cc(F)ccc2N2CCCCC2)no1. The summed E-state index contributed by atoms with van der Waals surface area (Å²) in [5.41, 5.74) is 1.30. The molecule has 2 amide bonds. The van der Waals surface area contributed by atoms with Crippen LogP contribution in [0.1, 0.15) is 31.9 Å². The van der Waals surface area contributed by atoms with Crippen molar-refractivity contribution in [3.8, 4) is 0 Å². The van der Waals surface area contributed by atoms with E-state index in [0.29, 0.717) is 17.3 Å². The second kappa shape index (κ2) is 9.78. The van der Waals surface area contributed by atoms with Crippen molar-refractivity contribution in [2.45, 2.75) is 38.4 Å². The highest BCUT2D eigenvalue weighted by molar-refractivity contribution is 8.01. The minimum Gasteiger partial charge on any atom is -0.370 e. The Kier molecular flexibility index (Phi) is 7.13. The molecule has 1 aliphatic heterocycles. The number of benzene rings is 1. The smallest absolute Gasteiger partial charge is 0.238 e. The monoisotopic (exact) mass is 420 g/mol. The van der Waals surface area contributed by atoms with Crippen LogP contribution in [0.3, 0.4) is 0 Å². The van der Waals surface area contributed by atoms with E-state index in [1.165, 1.54) is 30.3 Å². The third-order valence-electron chi connectivity index (χ3n) is 4.64. The molecule has 1 aliphatic rings. The van der Waals surface area contributed by atoms with Gasteiger partial charge in [-0.05, 0) is 51.3 Å². The Morgan fingerprint density at radius 1 is 1.24 bits per heavy atom. The van der Waals surface area contributed by atoms with Crippen molar-refractivity contribution in [2.24, 2.45) is 0 Å². The number of rotatable bonds is 7. The Labute approximate surface area is 173 Å². The van der Waals surface area contributed by atoms with E-state index in [9.17, 15) is 14.0 Å². The fraction of sp³-hybridized carbons (Fsp3) is 0.450. The van der Waals surface area contributed by atoms with Crippen LogP contribution in [0.25, 0.3) is 0 Å². The molecule has 1 unspecified atom stereocenters. The van der Waals surface area contributed by atoms with Gasteiger partial charge in [-0.15, -0.1) is 11.8 Å². The summed E-state index contributed by atoms with van der Waals surface area (Å²) >= 11 is 1.19. The first-order chi connectivity index (χ1) is 13.9. The number of aromatic nitrogens is 1. The first-order valence-electron chi connectivity index (χ1n) is 9.62. The van der Waals surface area contributed by atoms with Crippen molar-refractivity contribution >= 4 is 40.8 Å². The summed E-state index contributed by atoms with van der Waals surface area (Å²) in [7, 11) is 0. The Balaban J connectivity index is 1.55. The third-order valence-corrected chi connectivity index (χ3v) is 5.79. The number of hydrogen-bond donors (Lipinski definition) is 2. The summed E-state index contributed by atoms with van der Waals surface area (Å²) in [4.78, 5) is 26.8. The number of thioether (sulfide) groups is 1. The van der Waals surface area contributed by atoms with Gasteiger partial charge >= 0.3 is 0 Å². The maximum atomic E-state index is 13.8. The van der Waals surface area contributed by atoms with E-state index in [0.717, 1.165) is 31.6 Å². The van der Waals surface area contributed by atoms with Crippen LogP contribution in [0.15, 0.2) is 28.8 Å². The van der Waals surface area contributed by atoms with Crippen molar-refractivity contribution in [1.29, 1.82) is 0 Å². The molecule has 1 fully saturated rings. The van der Waals surface area contributed by atoms with Crippen molar-refractivity contribution < 1.29 is 18.5 Å². The topological polar surface area (TPSA) is 87.5 Å². The van der Waals surface area contributed by atoms with Crippen LogP contribution >= 0.6 is 11.8 Å². The number of hydrogen-bond acceptors (Lipinski definition) is 6. The lowest BCUT2D eigenvalue weighted by Gasteiger charge is -2.30. The average molecular weight is 421 g/mol. The number of carbonyl (C=O) groups excluding carboxylic acids is 2. The molecule has 7 nitrogen and oxygen atoms in total. The van der Waals surface area contributed by atoms with Crippen molar-refractivity contribution in [1.82, 2.24) is 5.16 Å². The summed E-state index contributed by atoms with van der Waals surface area (Å²) in [6.07, 6.45) is 3.35. The van der Waals surface area contributed by atoms with Gasteiger partial charge in [0.25, 0.3) is 0 Å². The molecule has 1 aromatic heterocycles. The van der Waals surface area contributed by atoms with Gasteiger partial charge in [0.15, 0.2) is 5.82 Å². The molecule has 1 atom stereocenters. The molecule has 1 saturated heterocycles. The Bertz CT molecular complexity index is 867. The lowest BCUT2D eigenvalue weighted by Crippen LogP contribution is -2.31. The zero-order valence-electron chi connectivity index (χ0n) is 16.5. The van der Waals surface area contributed by atoms with Gasteiger partial charge in [-0.25, -0.2) is 4.39 Å². The molecular formula is C20H25FN4O3S. The molecule has 3 rings (SSSR count). The van der Waals surface area contributed by atoms with Gasteiger partial charge in [0, 0.05) is 19.2 Å². The third kappa shape index (κ3) is 5.96. The molecule has 2 heterocycles. The second-order valence-corrected chi connectivity index (χ2v) is 8.35. The largest absolute Gasteiger partial charge is 0.370 e. The van der Waals surface area contributed by atoms with Crippen LogP contribution in [0.2, 0.25) is 0 Å². The van der Waals surface area contributed by atoms with E-state index in [1.54, 1.807) is 26.0 Å². The van der Waals surface area contributed by atoms with E-state index in [2.05, 4.69) is 20.7 Å². The number of carbonyl (C=O) groups is 2. The number of piperidine rings is 1. The predicted octanol–water partition coefficient (Wildman–Crippen LogP) is 3.81. The number of nitrogens with one attached hydrogen (secondary N) is 2. The highest BCUT2D eigenvalue weighted by atomic mass is 32.2. The minimum absolute atomic E-state index is 0.0718. The predicted molar refractivity (Wildman–Crippen MR) is 113 cm³/mol. The van der Waals surface area contributed by atoms with Gasteiger partial charge in [-0.1, -0.05) is 5.16 Å². The summed E-state index contributed by atoms with van der Waals surface area (Å²) in [5, 5.41) is 8.69. The van der Waals surface area contributed by atoms with Gasteiger partial charge in [-0.2, -0.15) is 0 Å².